The summed E-state index contributed by atoms with van der Waals surface area (Å²) in [6, 6.07) is 0.333. The number of hydrogen-bond donors (Lipinski definition) is 1. The van der Waals surface area contributed by atoms with Gasteiger partial charge in [-0.1, -0.05) is 10.4 Å². The lowest BCUT2D eigenvalue weighted by Crippen LogP contribution is -2.29. The van der Waals surface area contributed by atoms with Crippen LogP contribution in [0.15, 0.2) is 12.4 Å². The summed E-state index contributed by atoms with van der Waals surface area (Å²) >= 11 is 0. The van der Waals surface area contributed by atoms with Crippen molar-refractivity contribution in [3.63, 3.8) is 0 Å². The van der Waals surface area contributed by atoms with Gasteiger partial charge in [0.15, 0.2) is 0 Å². The summed E-state index contributed by atoms with van der Waals surface area (Å²) in [4.78, 5) is 29.5. The molecule has 0 fully saturated rings. The molecule has 2 rings (SSSR count). The predicted octanol–water partition coefficient (Wildman–Crippen LogP) is 0.503. The van der Waals surface area contributed by atoms with E-state index >= 15 is 0 Å². The maximum atomic E-state index is 10.5. The van der Waals surface area contributed by atoms with E-state index in [1.165, 1.54) is 0 Å². The molecule has 0 aliphatic heterocycles. The minimum atomic E-state index is 0.162. The zero-order chi connectivity index (χ0) is 23.9. The Kier molecular flexibility index (Phi) is 12.8. The highest BCUT2D eigenvalue weighted by molar-refractivity contribution is 5.47. The van der Waals surface area contributed by atoms with E-state index in [2.05, 4.69) is 26.1 Å². The first-order chi connectivity index (χ1) is 15.3. The average molecular weight is 452 g/mol. The Morgan fingerprint density at radius 1 is 0.969 bits per heavy atom. The van der Waals surface area contributed by atoms with E-state index < -0.39 is 0 Å². The largest absolute Gasteiger partial charge is 0.346 e. The fraction of sp³-hybridized carbons (Fsp3) is 0.700. The van der Waals surface area contributed by atoms with Crippen LogP contribution in [0.25, 0.3) is 0 Å². The summed E-state index contributed by atoms with van der Waals surface area (Å²) < 4.78 is 3.54. The summed E-state index contributed by atoms with van der Waals surface area (Å²) in [6.45, 7) is 10.7. The van der Waals surface area contributed by atoms with E-state index in [4.69, 9.17) is 4.84 Å². The second-order valence-electron chi connectivity index (χ2n) is 7.53. The minimum absolute atomic E-state index is 0.162. The molecular formula is C20H37N9O3. The van der Waals surface area contributed by atoms with Gasteiger partial charge in [-0.3, -0.25) is 19.0 Å². The van der Waals surface area contributed by atoms with E-state index in [0.29, 0.717) is 13.2 Å². The highest BCUT2D eigenvalue weighted by atomic mass is 16.6. The smallest absolute Gasteiger partial charge is 0.209 e. The Hall–Kier alpha value is -2.86. The van der Waals surface area contributed by atoms with Gasteiger partial charge >= 0.3 is 0 Å². The molecule has 1 N–H and O–H groups in total. The lowest BCUT2D eigenvalue weighted by atomic mass is 10.2. The molecule has 0 bridgehead atoms. The minimum Gasteiger partial charge on any atom is -0.346 e. The number of carbonyl (C=O) groups is 2. The van der Waals surface area contributed by atoms with Crippen LogP contribution in [0.3, 0.4) is 0 Å². The number of hydrogen-bond acceptors (Lipinski definition) is 8. The van der Waals surface area contributed by atoms with E-state index in [0.717, 1.165) is 50.1 Å². The molecule has 2 heterocycles. The lowest BCUT2D eigenvalue weighted by molar-refractivity contribution is -0.119. The summed E-state index contributed by atoms with van der Waals surface area (Å²) in [5.74, 6) is 0. The molecule has 0 radical (unpaired) electrons. The summed E-state index contributed by atoms with van der Waals surface area (Å²) in [5.41, 5.74) is 4.60. The van der Waals surface area contributed by atoms with Gasteiger partial charge in [0.2, 0.25) is 12.8 Å². The molecule has 0 aliphatic rings. The SMILES string of the molecule is CCn1cc(CC(C)N(C)C=O)nn1.CCn1cc(CNOCCC(C)N(C)C=O)nn1. The van der Waals surface area contributed by atoms with Crippen LogP contribution in [-0.4, -0.2) is 85.4 Å². The highest BCUT2D eigenvalue weighted by Gasteiger charge is 2.10. The zero-order valence-electron chi connectivity index (χ0n) is 20.0. The van der Waals surface area contributed by atoms with Crippen LogP contribution in [0.2, 0.25) is 0 Å². The maximum Gasteiger partial charge on any atom is 0.209 e. The van der Waals surface area contributed by atoms with Gasteiger partial charge in [-0.25, -0.2) is 0 Å². The molecule has 0 aromatic carbocycles. The first kappa shape index (κ1) is 27.2. The van der Waals surface area contributed by atoms with Gasteiger partial charge in [0.25, 0.3) is 0 Å². The summed E-state index contributed by atoms with van der Waals surface area (Å²) in [6.07, 6.45) is 6.96. The fourth-order valence-electron chi connectivity index (χ4n) is 2.45. The van der Waals surface area contributed by atoms with Crippen LogP contribution in [0, 0.1) is 0 Å². The fourth-order valence-corrected chi connectivity index (χ4v) is 2.45. The number of rotatable bonds is 14. The van der Waals surface area contributed by atoms with E-state index in [-0.39, 0.29) is 12.1 Å². The number of aryl methyl sites for hydroxylation is 2. The Morgan fingerprint density at radius 2 is 1.50 bits per heavy atom. The van der Waals surface area contributed by atoms with E-state index in [1.54, 1.807) is 33.3 Å². The van der Waals surface area contributed by atoms with Crippen molar-refractivity contribution in [3.8, 4) is 0 Å². The van der Waals surface area contributed by atoms with Crippen LogP contribution in [-0.2, 0) is 40.5 Å². The topological polar surface area (TPSA) is 123 Å². The molecule has 180 valence electrons. The van der Waals surface area contributed by atoms with Gasteiger partial charge in [-0.05, 0) is 34.1 Å². The number of likely N-dealkylation sites (N-methyl/N-ethyl adjacent to an activating group) is 1. The lowest BCUT2D eigenvalue weighted by Gasteiger charge is -2.19. The number of nitrogens with zero attached hydrogens (tertiary/aromatic N) is 8. The monoisotopic (exact) mass is 451 g/mol. The van der Waals surface area contributed by atoms with E-state index in [1.807, 2.05) is 40.1 Å². The van der Waals surface area contributed by atoms with Crippen LogP contribution < -0.4 is 5.48 Å². The van der Waals surface area contributed by atoms with Crippen LogP contribution in [0.4, 0.5) is 0 Å². The third kappa shape index (κ3) is 9.96. The van der Waals surface area contributed by atoms with Crippen molar-refractivity contribution in [3.05, 3.63) is 23.8 Å². The molecule has 0 aliphatic carbocycles. The van der Waals surface area contributed by atoms with Gasteiger partial charge in [-0.2, -0.15) is 5.48 Å². The molecule has 0 saturated heterocycles. The van der Waals surface area contributed by atoms with Crippen LogP contribution >= 0.6 is 0 Å². The van der Waals surface area contributed by atoms with E-state index in [9.17, 15) is 9.59 Å². The maximum absolute atomic E-state index is 10.5. The number of aromatic nitrogens is 6. The van der Waals surface area contributed by atoms with Crippen molar-refractivity contribution < 1.29 is 14.4 Å². The molecule has 12 nitrogen and oxygen atoms in total. The van der Waals surface area contributed by atoms with Crippen molar-refractivity contribution in [2.45, 2.75) is 72.3 Å². The third-order valence-corrected chi connectivity index (χ3v) is 5.04. The number of amides is 2. The van der Waals surface area contributed by atoms with Crippen molar-refractivity contribution in [1.82, 2.24) is 45.3 Å². The van der Waals surface area contributed by atoms with Crippen molar-refractivity contribution in [2.24, 2.45) is 0 Å². The summed E-state index contributed by atoms with van der Waals surface area (Å²) in [5, 5.41) is 15.8. The van der Waals surface area contributed by atoms with Crippen molar-refractivity contribution >= 4 is 12.8 Å². The molecule has 12 heteroatoms. The first-order valence-electron chi connectivity index (χ1n) is 10.8. The second-order valence-corrected chi connectivity index (χ2v) is 7.53. The molecular weight excluding hydrogens is 414 g/mol. The molecule has 32 heavy (non-hydrogen) atoms. The van der Waals surface area contributed by atoms with Gasteiger partial charge in [0.1, 0.15) is 0 Å². The molecule has 0 spiro atoms. The highest BCUT2D eigenvalue weighted by Crippen LogP contribution is 2.02. The molecule has 2 aromatic heterocycles. The average Bonchev–Trinajstić information content (AvgIpc) is 3.47. The van der Waals surface area contributed by atoms with Crippen molar-refractivity contribution in [2.75, 3.05) is 20.7 Å². The molecule has 0 saturated carbocycles. The molecule has 2 aromatic rings. The summed E-state index contributed by atoms with van der Waals surface area (Å²) in [7, 11) is 3.52. The van der Waals surface area contributed by atoms with Crippen molar-refractivity contribution in [1.29, 1.82) is 0 Å². The van der Waals surface area contributed by atoms with Crippen LogP contribution in [0.1, 0.15) is 45.5 Å². The molecule has 2 amide bonds. The third-order valence-electron chi connectivity index (χ3n) is 5.04. The quantitative estimate of drug-likeness (QED) is 0.250. The Labute approximate surface area is 189 Å². The Bertz CT molecular complexity index is 780. The number of hydroxylamine groups is 1. The number of nitrogens with one attached hydrogen (secondary N) is 1. The van der Waals surface area contributed by atoms with Crippen LogP contribution in [0.5, 0.6) is 0 Å². The standard InChI is InChI=1S/C11H21N5O2.C9H16N4O/c1-4-16-8-11(13-14-16)7-12-18-6-5-10(2)15(3)9-17;1-4-13-6-9(10-11-13)5-8(2)12(3)7-14/h8-10,12H,4-7H2,1-3H3;6-8H,4-5H2,1-3H3. The predicted molar refractivity (Wildman–Crippen MR) is 119 cm³/mol. The molecule has 2 atom stereocenters. The molecule has 2 unspecified atom stereocenters. The first-order valence-corrected chi connectivity index (χ1v) is 10.8. The number of carbonyl (C=O) groups excluding carboxylic acids is 2. The Balaban J connectivity index is 0.000000330. The van der Waals surface area contributed by atoms with Gasteiger partial charge in [0.05, 0.1) is 24.5 Å². The van der Waals surface area contributed by atoms with Gasteiger partial charge < -0.3 is 14.6 Å². The van der Waals surface area contributed by atoms with Gasteiger partial charge in [-0.15, -0.1) is 10.2 Å². The normalized spacial score (nSPS) is 12.4. The Morgan fingerprint density at radius 3 is 2.03 bits per heavy atom. The van der Waals surface area contributed by atoms with Gasteiger partial charge in [0, 0.05) is 58.1 Å². The second kappa shape index (κ2) is 15.0. The zero-order valence-corrected chi connectivity index (χ0v) is 20.0.